The highest BCUT2D eigenvalue weighted by Gasteiger charge is 2.13. The number of rotatable bonds is 4. The fraction of sp³-hybridized carbons (Fsp3) is 0.538. The monoisotopic (exact) mass is 220 g/mol. The van der Waals surface area contributed by atoms with Crippen LogP contribution in [-0.2, 0) is 4.74 Å². The van der Waals surface area contributed by atoms with Crippen LogP contribution in [0.2, 0.25) is 0 Å². The zero-order chi connectivity index (χ0) is 11.2. The van der Waals surface area contributed by atoms with Crippen LogP contribution in [0.15, 0.2) is 30.3 Å². The minimum Gasteiger partial charge on any atom is -0.379 e. The van der Waals surface area contributed by atoms with E-state index in [2.05, 4.69) is 41.5 Å². The van der Waals surface area contributed by atoms with Crippen LogP contribution in [0.3, 0.4) is 0 Å². The van der Waals surface area contributed by atoms with E-state index in [0.29, 0.717) is 6.04 Å². The van der Waals surface area contributed by atoms with E-state index in [9.17, 15) is 0 Å². The molecule has 0 radical (unpaired) electrons. The molecule has 1 N–H and O–H groups in total. The van der Waals surface area contributed by atoms with Crippen molar-refractivity contribution in [3.05, 3.63) is 30.3 Å². The normalized spacial score (nSPS) is 20.7. The molecule has 1 aliphatic rings. The van der Waals surface area contributed by atoms with Crippen molar-refractivity contribution in [2.24, 2.45) is 0 Å². The molecule has 0 bridgehead atoms. The molecule has 0 aromatic heterocycles. The van der Waals surface area contributed by atoms with Crippen LogP contribution in [0.5, 0.6) is 0 Å². The van der Waals surface area contributed by atoms with Gasteiger partial charge in [0.05, 0.1) is 13.2 Å². The highest BCUT2D eigenvalue weighted by Crippen LogP contribution is 2.12. The van der Waals surface area contributed by atoms with Crippen LogP contribution in [0.1, 0.15) is 6.42 Å². The summed E-state index contributed by atoms with van der Waals surface area (Å²) in [5, 5.41) is 3.47. The molecule has 0 amide bonds. The van der Waals surface area contributed by atoms with Gasteiger partial charge in [-0.05, 0) is 18.6 Å². The number of anilines is 1. The highest BCUT2D eigenvalue weighted by atomic mass is 16.5. The molecule has 0 aliphatic carbocycles. The molecule has 88 valence electrons. The molecule has 2 rings (SSSR count). The van der Waals surface area contributed by atoms with E-state index in [-0.39, 0.29) is 0 Å². The molecule has 3 nitrogen and oxygen atoms in total. The van der Waals surface area contributed by atoms with E-state index < -0.39 is 0 Å². The van der Waals surface area contributed by atoms with Gasteiger partial charge in [0, 0.05) is 31.9 Å². The number of benzene rings is 1. The van der Waals surface area contributed by atoms with Crippen LogP contribution in [0, 0.1) is 0 Å². The third-order valence-electron chi connectivity index (χ3n) is 3.01. The number of morpholine rings is 1. The van der Waals surface area contributed by atoms with Crippen molar-refractivity contribution in [3.63, 3.8) is 0 Å². The SMILES string of the molecule is CN(CCC1COCCN1)c1ccccc1. The van der Waals surface area contributed by atoms with Crippen molar-refractivity contribution < 1.29 is 4.74 Å². The van der Waals surface area contributed by atoms with Crippen molar-refractivity contribution in [1.29, 1.82) is 0 Å². The van der Waals surface area contributed by atoms with Gasteiger partial charge >= 0.3 is 0 Å². The molecule has 1 aliphatic heterocycles. The summed E-state index contributed by atoms with van der Waals surface area (Å²) in [5.41, 5.74) is 1.28. The van der Waals surface area contributed by atoms with Crippen LogP contribution < -0.4 is 10.2 Å². The summed E-state index contributed by atoms with van der Waals surface area (Å²) in [6, 6.07) is 11.0. The van der Waals surface area contributed by atoms with Crippen LogP contribution in [-0.4, -0.2) is 39.4 Å². The average Bonchev–Trinajstić information content (AvgIpc) is 2.38. The first-order valence-corrected chi connectivity index (χ1v) is 5.93. The maximum atomic E-state index is 5.44. The van der Waals surface area contributed by atoms with Gasteiger partial charge in [0.1, 0.15) is 0 Å². The van der Waals surface area contributed by atoms with Gasteiger partial charge in [0.2, 0.25) is 0 Å². The largest absolute Gasteiger partial charge is 0.379 e. The Morgan fingerprint density at radius 1 is 1.38 bits per heavy atom. The molecule has 0 spiro atoms. The Kier molecular flexibility index (Phi) is 4.19. The van der Waals surface area contributed by atoms with Crippen LogP contribution in [0.25, 0.3) is 0 Å². The van der Waals surface area contributed by atoms with E-state index in [1.807, 2.05) is 6.07 Å². The van der Waals surface area contributed by atoms with Gasteiger partial charge in [-0.25, -0.2) is 0 Å². The Morgan fingerprint density at radius 3 is 2.88 bits per heavy atom. The van der Waals surface area contributed by atoms with E-state index in [1.54, 1.807) is 0 Å². The van der Waals surface area contributed by atoms with Crippen molar-refractivity contribution in [3.8, 4) is 0 Å². The summed E-state index contributed by atoms with van der Waals surface area (Å²) in [5.74, 6) is 0. The predicted molar refractivity (Wildman–Crippen MR) is 66.9 cm³/mol. The van der Waals surface area contributed by atoms with Crippen molar-refractivity contribution in [1.82, 2.24) is 5.32 Å². The van der Waals surface area contributed by atoms with Gasteiger partial charge in [-0.2, -0.15) is 0 Å². The zero-order valence-corrected chi connectivity index (χ0v) is 9.86. The number of ether oxygens (including phenoxy) is 1. The molecule has 1 aromatic rings. The van der Waals surface area contributed by atoms with Crippen LogP contribution in [0.4, 0.5) is 5.69 Å². The summed E-state index contributed by atoms with van der Waals surface area (Å²) in [7, 11) is 2.14. The number of hydrogen-bond donors (Lipinski definition) is 1. The Balaban J connectivity index is 1.77. The molecule has 1 unspecified atom stereocenters. The van der Waals surface area contributed by atoms with Gasteiger partial charge in [-0.1, -0.05) is 18.2 Å². The molecule has 1 aromatic carbocycles. The molecule has 0 saturated carbocycles. The van der Waals surface area contributed by atoms with E-state index in [0.717, 1.165) is 32.7 Å². The second-order valence-corrected chi connectivity index (χ2v) is 4.27. The van der Waals surface area contributed by atoms with Gasteiger partial charge in [-0.15, -0.1) is 0 Å². The van der Waals surface area contributed by atoms with Crippen molar-refractivity contribution in [2.45, 2.75) is 12.5 Å². The lowest BCUT2D eigenvalue weighted by Crippen LogP contribution is -2.42. The second kappa shape index (κ2) is 5.87. The maximum absolute atomic E-state index is 5.44. The summed E-state index contributed by atoms with van der Waals surface area (Å²) in [6.07, 6.45) is 1.13. The third-order valence-corrected chi connectivity index (χ3v) is 3.01. The minimum absolute atomic E-state index is 0.514. The first kappa shape index (κ1) is 11.4. The average molecular weight is 220 g/mol. The Morgan fingerprint density at radius 2 is 2.19 bits per heavy atom. The molecule has 1 heterocycles. The maximum Gasteiger partial charge on any atom is 0.0620 e. The molecular weight excluding hydrogens is 200 g/mol. The summed E-state index contributed by atoms with van der Waals surface area (Å²) in [4.78, 5) is 2.29. The lowest BCUT2D eigenvalue weighted by molar-refractivity contribution is 0.0749. The minimum atomic E-state index is 0.514. The van der Waals surface area contributed by atoms with E-state index in [1.165, 1.54) is 5.69 Å². The van der Waals surface area contributed by atoms with Crippen molar-refractivity contribution >= 4 is 5.69 Å². The first-order valence-electron chi connectivity index (χ1n) is 5.93. The molecule has 16 heavy (non-hydrogen) atoms. The van der Waals surface area contributed by atoms with Gasteiger partial charge in [0.15, 0.2) is 0 Å². The quantitative estimate of drug-likeness (QED) is 0.832. The van der Waals surface area contributed by atoms with Gasteiger partial charge in [0.25, 0.3) is 0 Å². The second-order valence-electron chi connectivity index (χ2n) is 4.27. The Hall–Kier alpha value is -1.06. The number of nitrogens with one attached hydrogen (secondary N) is 1. The van der Waals surface area contributed by atoms with Gasteiger partial charge < -0.3 is 15.0 Å². The summed E-state index contributed by atoms with van der Waals surface area (Å²) >= 11 is 0. The molecule has 1 atom stereocenters. The Labute approximate surface area is 97.4 Å². The molecule has 1 saturated heterocycles. The molecule has 1 fully saturated rings. The number of hydrogen-bond acceptors (Lipinski definition) is 3. The van der Waals surface area contributed by atoms with Crippen LogP contribution >= 0.6 is 0 Å². The fourth-order valence-electron chi connectivity index (χ4n) is 1.97. The Bertz CT molecular complexity index is 296. The molecular formula is C13H20N2O. The standard InChI is InChI=1S/C13H20N2O/c1-15(13-5-3-2-4-6-13)9-7-12-11-16-10-8-14-12/h2-6,12,14H,7-11H2,1H3. The number of para-hydroxylation sites is 1. The topological polar surface area (TPSA) is 24.5 Å². The summed E-state index contributed by atoms with van der Waals surface area (Å²) in [6.45, 7) is 3.75. The first-order chi connectivity index (χ1) is 7.86. The predicted octanol–water partition coefficient (Wildman–Crippen LogP) is 1.50. The molecule has 3 heteroatoms. The van der Waals surface area contributed by atoms with Crippen molar-refractivity contribution in [2.75, 3.05) is 38.3 Å². The third kappa shape index (κ3) is 3.22. The lowest BCUT2D eigenvalue weighted by atomic mass is 10.2. The smallest absolute Gasteiger partial charge is 0.0620 e. The van der Waals surface area contributed by atoms with E-state index in [4.69, 9.17) is 4.74 Å². The van der Waals surface area contributed by atoms with E-state index >= 15 is 0 Å². The lowest BCUT2D eigenvalue weighted by Gasteiger charge is -2.27. The number of nitrogens with zero attached hydrogens (tertiary/aromatic N) is 1. The summed E-state index contributed by atoms with van der Waals surface area (Å²) < 4.78 is 5.44. The van der Waals surface area contributed by atoms with Gasteiger partial charge in [-0.3, -0.25) is 0 Å². The highest BCUT2D eigenvalue weighted by molar-refractivity contribution is 5.44. The fourth-order valence-corrected chi connectivity index (χ4v) is 1.97. The zero-order valence-electron chi connectivity index (χ0n) is 9.86.